The van der Waals surface area contributed by atoms with E-state index in [9.17, 15) is 5.26 Å². The van der Waals surface area contributed by atoms with Crippen molar-refractivity contribution < 1.29 is 0 Å². The quantitative estimate of drug-likeness (QED) is 0.234. The SMILES string of the molecule is Cc1cccc2cc(/C=C(\C#N)c3nc(-c4ccc(Cl)c(Cl)c4)cs3)c(Cl)nc12. The summed E-state index contributed by atoms with van der Waals surface area (Å²) in [5.41, 5.74) is 4.55. The van der Waals surface area contributed by atoms with E-state index in [-0.39, 0.29) is 0 Å². The van der Waals surface area contributed by atoms with Gasteiger partial charge in [-0.2, -0.15) is 5.26 Å². The van der Waals surface area contributed by atoms with Gasteiger partial charge in [-0.05, 0) is 36.8 Å². The third-order valence-corrected chi connectivity index (χ3v) is 6.32. The molecule has 3 nitrogen and oxygen atoms in total. The molecule has 0 saturated heterocycles. The third-order valence-electron chi connectivity index (χ3n) is 4.40. The van der Waals surface area contributed by atoms with Gasteiger partial charge < -0.3 is 0 Å². The molecule has 7 heteroatoms. The van der Waals surface area contributed by atoms with Crippen LogP contribution in [-0.2, 0) is 0 Å². The summed E-state index contributed by atoms with van der Waals surface area (Å²) in [6, 6.07) is 15.4. The van der Waals surface area contributed by atoms with Crippen LogP contribution in [0, 0.1) is 18.3 Å². The molecule has 0 unspecified atom stereocenters. The Balaban J connectivity index is 1.75. The normalized spacial score (nSPS) is 11.6. The van der Waals surface area contributed by atoms with Gasteiger partial charge >= 0.3 is 0 Å². The Morgan fingerprint density at radius 2 is 1.90 bits per heavy atom. The lowest BCUT2D eigenvalue weighted by molar-refractivity contribution is 1.35. The number of thiazole rings is 1. The molecular weight excluding hydrogens is 445 g/mol. The number of hydrogen-bond acceptors (Lipinski definition) is 4. The molecule has 0 N–H and O–H groups in total. The van der Waals surface area contributed by atoms with Crippen LogP contribution in [0.15, 0.2) is 47.8 Å². The standard InChI is InChI=1S/C22H12Cl3N3S/c1-12-3-2-4-14-7-15(21(25)28-20(12)14)8-16(10-26)22-27-19(11-29-22)13-5-6-17(23)18(24)9-13/h2-9,11H,1H3/b16-8+. The van der Waals surface area contributed by atoms with Gasteiger partial charge in [-0.25, -0.2) is 9.97 Å². The summed E-state index contributed by atoms with van der Waals surface area (Å²) in [5, 5.41) is 14.4. The molecule has 0 bridgehead atoms. The second kappa shape index (κ2) is 8.14. The topological polar surface area (TPSA) is 49.6 Å². The maximum Gasteiger partial charge on any atom is 0.137 e. The monoisotopic (exact) mass is 455 g/mol. The van der Waals surface area contributed by atoms with Crippen LogP contribution in [0.4, 0.5) is 0 Å². The fourth-order valence-electron chi connectivity index (χ4n) is 2.92. The summed E-state index contributed by atoms with van der Waals surface area (Å²) in [4.78, 5) is 9.08. The average molecular weight is 457 g/mol. The molecule has 0 aliphatic rings. The van der Waals surface area contributed by atoms with Gasteiger partial charge in [0.1, 0.15) is 16.2 Å². The molecule has 29 heavy (non-hydrogen) atoms. The first-order valence-corrected chi connectivity index (χ1v) is 10.6. The van der Waals surface area contributed by atoms with Gasteiger partial charge in [0, 0.05) is 21.9 Å². The fraction of sp³-hybridized carbons (Fsp3) is 0.0455. The van der Waals surface area contributed by atoms with Gasteiger partial charge in [0.05, 0.1) is 26.8 Å². The van der Waals surface area contributed by atoms with E-state index < -0.39 is 0 Å². The molecule has 4 rings (SSSR count). The molecule has 0 amide bonds. The second-order valence-electron chi connectivity index (χ2n) is 6.35. The number of para-hydroxylation sites is 1. The predicted octanol–water partition coefficient (Wildman–Crippen LogP) is 7.69. The number of rotatable bonds is 3. The number of allylic oxidation sites excluding steroid dienone is 1. The number of halogens is 3. The lowest BCUT2D eigenvalue weighted by atomic mass is 10.1. The van der Waals surface area contributed by atoms with E-state index in [1.165, 1.54) is 11.3 Å². The first-order chi connectivity index (χ1) is 14.0. The van der Waals surface area contributed by atoms with Gasteiger partial charge in [0.2, 0.25) is 0 Å². The van der Waals surface area contributed by atoms with Crippen molar-refractivity contribution in [1.82, 2.24) is 9.97 Å². The number of aromatic nitrogens is 2. The summed E-state index contributed by atoms with van der Waals surface area (Å²) < 4.78 is 0. The van der Waals surface area contributed by atoms with Crippen molar-refractivity contribution in [3.63, 3.8) is 0 Å². The van der Waals surface area contributed by atoms with Crippen LogP contribution >= 0.6 is 46.1 Å². The zero-order chi connectivity index (χ0) is 20.5. The predicted molar refractivity (Wildman–Crippen MR) is 123 cm³/mol. The number of aryl methyl sites for hydroxylation is 1. The highest BCUT2D eigenvalue weighted by atomic mass is 35.5. The van der Waals surface area contributed by atoms with Gasteiger partial charge in [0.15, 0.2) is 0 Å². The van der Waals surface area contributed by atoms with Crippen molar-refractivity contribution in [3.05, 3.63) is 79.2 Å². The average Bonchev–Trinajstić information content (AvgIpc) is 3.19. The molecule has 0 aliphatic carbocycles. The Labute approximate surface area is 186 Å². The van der Waals surface area contributed by atoms with Crippen LogP contribution in [0.1, 0.15) is 16.1 Å². The molecule has 2 aromatic carbocycles. The first kappa shape index (κ1) is 19.9. The molecule has 0 aliphatic heterocycles. The molecule has 0 spiro atoms. The number of benzene rings is 2. The number of hydrogen-bond donors (Lipinski definition) is 0. The van der Waals surface area contributed by atoms with Crippen LogP contribution in [0.2, 0.25) is 15.2 Å². The van der Waals surface area contributed by atoms with E-state index >= 15 is 0 Å². The fourth-order valence-corrected chi connectivity index (χ4v) is 4.21. The van der Waals surface area contributed by atoms with E-state index in [1.807, 2.05) is 42.6 Å². The highest BCUT2D eigenvalue weighted by Crippen LogP contribution is 2.32. The Morgan fingerprint density at radius 1 is 1.07 bits per heavy atom. The number of nitriles is 1. The van der Waals surface area contributed by atoms with Crippen LogP contribution in [0.3, 0.4) is 0 Å². The first-order valence-electron chi connectivity index (χ1n) is 8.55. The molecule has 2 heterocycles. The minimum Gasteiger partial charge on any atom is -0.235 e. The summed E-state index contributed by atoms with van der Waals surface area (Å²) in [6.07, 6.45) is 1.72. The number of fused-ring (bicyclic) bond motifs is 1. The molecule has 0 saturated carbocycles. The van der Waals surface area contributed by atoms with Crippen molar-refractivity contribution in [2.24, 2.45) is 0 Å². The van der Waals surface area contributed by atoms with Gasteiger partial charge in [-0.15, -0.1) is 11.3 Å². The van der Waals surface area contributed by atoms with Crippen LogP contribution in [0.5, 0.6) is 0 Å². The third kappa shape index (κ3) is 4.01. The van der Waals surface area contributed by atoms with E-state index in [1.54, 1.807) is 18.2 Å². The van der Waals surface area contributed by atoms with Crippen LogP contribution < -0.4 is 0 Å². The Morgan fingerprint density at radius 3 is 2.66 bits per heavy atom. The maximum atomic E-state index is 9.70. The molecule has 0 atom stereocenters. The highest BCUT2D eigenvalue weighted by Gasteiger charge is 2.12. The largest absolute Gasteiger partial charge is 0.235 e. The Hall–Kier alpha value is -2.42. The molecule has 4 aromatic rings. The maximum absolute atomic E-state index is 9.70. The summed E-state index contributed by atoms with van der Waals surface area (Å²) in [5.74, 6) is 0. The second-order valence-corrected chi connectivity index (χ2v) is 8.38. The molecule has 0 radical (unpaired) electrons. The smallest absolute Gasteiger partial charge is 0.137 e. The number of pyridine rings is 1. The van der Waals surface area contributed by atoms with Gasteiger partial charge in [-0.3, -0.25) is 0 Å². The van der Waals surface area contributed by atoms with Crippen LogP contribution in [0.25, 0.3) is 33.8 Å². The Kier molecular flexibility index (Phi) is 5.58. The van der Waals surface area contributed by atoms with Crippen LogP contribution in [-0.4, -0.2) is 9.97 Å². The van der Waals surface area contributed by atoms with Crippen molar-refractivity contribution in [1.29, 1.82) is 5.26 Å². The van der Waals surface area contributed by atoms with E-state index in [0.29, 0.717) is 31.3 Å². The summed E-state index contributed by atoms with van der Waals surface area (Å²) in [7, 11) is 0. The van der Waals surface area contributed by atoms with Gasteiger partial charge in [0.25, 0.3) is 0 Å². The minimum atomic E-state index is 0.348. The molecule has 0 fully saturated rings. The minimum absolute atomic E-state index is 0.348. The molecule has 2 aromatic heterocycles. The highest BCUT2D eigenvalue weighted by molar-refractivity contribution is 7.11. The van der Waals surface area contributed by atoms with Crippen molar-refractivity contribution in [3.8, 4) is 17.3 Å². The molecular formula is C22H12Cl3N3S. The number of nitrogens with zero attached hydrogens (tertiary/aromatic N) is 3. The van der Waals surface area contributed by atoms with Crippen molar-refractivity contribution in [2.75, 3.05) is 0 Å². The van der Waals surface area contributed by atoms with E-state index in [0.717, 1.165) is 27.7 Å². The lowest BCUT2D eigenvalue weighted by Crippen LogP contribution is -1.89. The van der Waals surface area contributed by atoms with Crippen molar-refractivity contribution >= 4 is 68.7 Å². The zero-order valence-electron chi connectivity index (χ0n) is 15.1. The molecule has 142 valence electrons. The Bertz CT molecular complexity index is 1320. The van der Waals surface area contributed by atoms with E-state index in [4.69, 9.17) is 34.8 Å². The van der Waals surface area contributed by atoms with Gasteiger partial charge in [-0.1, -0.05) is 59.1 Å². The zero-order valence-corrected chi connectivity index (χ0v) is 18.2. The summed E-state index contributed by atoms with van der Waals surface area (Å²) in [6.45, 7) is 1.99. The van der Waals surface area contributed by atoms with E-state index in [2.05, 4.69) is 16.0 Å². The summed E-state index contributed by atoms with van der Waals surface area (Å²) >= 11 is 19.8. The van der Waals surface area contributed by atoms with Crippen molar-refractivity contribution in [2.45, 2.75) is 6.92 Å². The lowest BCUT2D eigenvalue weighted by Gasteiger charge is -2.05.